The van der Waals surface area contributed by atoms with Crippen molar-refractivity contribution in [1.82, 2.24) is 10.6 Å². The number of nitrogens with one attached hydrogen (secondary N) is 2. The Morgan fingerprint density at radius 1 is 1.00 bits per heavy atom. The smallest absolute Gasteiger partial charge is 0.251 e. The molecular formula is C19H21FN2O3. The number of phenolic OH excluding ortho intramolecular Hbond substituents is 1. The molecule has 132 valence electrons. The van der Waals surface area contributed by atoms with Crippen molar-refractivity contribution in [2.24, 2.45) is 0 Å². The Labute approximate surface area is 145 Å². The summed E-state index contributed by atoms with van der Waals surface area (Å²) >= 11 is 0. The summed E-state index contributed by atoms with van der Waals surface area (Å²) in [5.41, 5.74) is -0.289. The molecule has 0 spiro atoms. The molecule has 25 heavy (non-hydrogen) atoms. The molecule has 0 radical (unpaired) electrons. The van der Waals surface area contributed by atoms with Crippen LogP contribution in [0.3, 0.4) is 0 Å². The highest BCUT2D eigenvalue weighted by molar-refractivity contribution is 5.94. The number of hydrogen-bond donors (Lipinski definition) is 3. The predicted octanol–water partition coefficient (Wildman–Crippen LogP) is 2.36. The number of aromatic hydroxyl groups is 1. The number of amides is 2. The second-order valence-corrected chi connectivity index (χ2v) is 6.16. The van der Waals surface area contributed by atoms with Gasteiger partial charge in [-0.25, -0.2) is 4.39 Å². The minimum absolute atomic E-state index is 0.0826. The molecule has 3 N–H and O–H groups in total. The number of carbonyl (C=O) groups excluding carboxylic acids is 2. The number of rotatable bonds is 6. The fourth-order valence-electron chi connectivity index (χ4n) is 2.38. The quantitative estimate of drug-likeness (QED) is 0.704. The highest BCUT2D eigenvalue weighted by Gasteiger charge is 2.31. The van der Waals surface area contributed by atoms with E-state index < -0.39 is 11.2 Å². The van der Waals surface area contributed by atoms with Crippen LogP contribution < -0.4 is 10.6 Å². The maximum Gasteiger partial charge on any atom is 0.251 e. The Balaban J connectivity index is 1.85. The van der Waals surface area contributed by atoms with Gasteiger partial charge in [-0.05, 0) is 44.2 Å². The molecule has 0 unspecified atom stereocenters. The van der Waals surface area contributed by atoms with Crippen LogP contribution in [0.2, 0.25) is 0 Å². The summed E-state index contributed by atoms with van der Waals surface area (Å²) in [7, 11) is 0. The van der Waals surface area contributed by atoms with E-state index in [1.165, 1.54) is 30.3 Å². The van der Waals surface area contributed by atoms with Crippen molar-refractivity contribution in [3.05, 3.63) is 65.5 Å². The van der Waals surface area contributed by atoms with Crippen LogP contribution in [0.25, 0.3) is 0 Å². The van der Waals surface area contributed by atoms with Gasteiger partial charge in [0.15, 0.2) is 0 Å². The van der Waals surface area contributed by atoms with Gasteiger partial charge < -0.3 is 15.7 Å². The molecule has 0 aliphatic carbocycles. The molecule has 2 aromatic carbocycles. The van der Waals surface area contributed by atoms with Crippen molar-refractivity contribution in [3.63, 3.8) is 0 Å². The Morgan fingerprint density at radius 3 is 2.24 bits per heavy atom. The third kappa shape index (κ3) is 4.56. The first-order valence-corrected chi connectivity index (χ1v) is 7.93. The van der Waals surface area contributed by atoms with E-state index in [1.54, 1.807) is 32.0 Å². The van der Waals surface area contributed by atoms with Crippen LogP contribution in [0.15, 0.2) is 48.5 Å². The predicted molar refractivity (Wildman–Crippen MR) is 92.9 cm³/mol. The second-order valence-electron chi connectivity index (χ2n) is 6.16. The van der Waals surface area contributed by atoms with Gasteiger partial charge in [-0.2, -0.15) is 0 Å². The van der Waals surface area contributed by atoms with Crippen molar-refractivity contribution < 1.29 is 19.1 Å². The van der Waals surface area contributed by atoms with E-state index in [0.717, 1.165) is 0 Å². The summed E-state index contributed by atoms with van der Waals surface area (Å²) in [6.07, 6.45) is 0. The van der Waals surface area contributed by atoms with Crippen LogP contribution in [0.4, 0.5) is 4.39 Å². The van der Waals surface area contributed by atoms with Crippen LogP contribution in [0.5, 0.6) is 5.75 Å². The summed E-state index contributed by atoms with van der Waals surface area (Å²) in [6.45, 7) is 3.75. The molecule has 2 amide bonds. The van der Waals surface area contributed by atoms with E-state index in [-0.39, 0.29) is 30.7 Å². The number of phenols is 1. The molecule has 2 aromatic rings. The van der Waals surface area contributed by atoms with Gasteiger partial charge in [0.1, 0.15) is 11.6 Å². The lowest BCUT2D eigenvalue weighted by Crippen LogP contribution is -2.43. The molecule has 0 aliphatic rings. The van der Waals surface area contributed by atoms with Gasteiger partial charge in [0.05, 0.1) is 5.41 Å². The first-order valence-electron chi connectivity index (χ1n) is 7.93. The zero-order valence-corrected chi connectivity index (χ0v) is 14.2. The molecule has 0 bridgehead atoms. The highest BCUT2D eigenvalue weighted by atomic mass is 19.1. The maximum atomic E-state index is 13.9. The Kier molecular flexibility index (Phi) is 5.75. The average Bonchev–Trinajstić information content (AvgIpc) is 2.59. The first-order chi connectivity index (χ1) is 11.8. The minimum atomic E-state index is -1.02. The Hall–Kier alpha value is -2.89. The lowest BCUT2D eigenvalue weighted by atomic mass is 9.83. The SMILES string of the molecule is CC(C)(C(=O)NCCNC(=O)c1ccc(O)cc1)c1ccccc1F. The van der Waals surface area contributed by atoms with Crippen LogP contribution in [0.1, 0.15) is 29.8 Å². The normalized spacial score (nSPS) is 11.0. The van der Waals surface area contributed by atoms with Crippen LogP contribution in [-0.4, -0.2) is 30.0 Å². The van der Waals surface area contributed by atoms with Gasteiger partial charge in [0, 0.05) is 24.2 Å². The van der Waals surface area contributed by atoms with Gasteiger partial charge in [0.2, 0.25) is 5.91 Å². The maximum absolute atomic E-state index is 13.9. The molecule has 0 atom stereocenters. The molecule has 6 heteroatoms. The summed E-state index contributed by atoms with van der Waals surface area (Å²) in [4.78, 5) is 24.3. The van der Waals surface area contributed by atoms with Gasteiger partial charge in [-0.3, -0.25) is 9.59 Å². The molecule has 5 nitrogen and oxygen atoms in total. The molecular weight excluding hydrogens is 323 g/mol. The summed E-state index contributed by atoms with van der Waals surface area (Å²) in [6, 6.07) is 12.0. The van der Waals surface area contributed by atoms with Crippen molar-refractivity contribution in [2.45, 2.75) is 19.3 Å². The third-order valence-corrected chi connectivity index (χ3v) is 3.94. The van der Waals surface area contributed by atoms with Gasteiger partial charge in [0.25, 0.3) is 5.91 Å². The Bertz CT molecular complexity index is 758. The van der Waals surface area contributed by atoms with E-state index in [2.05, 4.69) is 10.6 Å². The lowest BCUT2D eigenvalue weighted by molar-refractivity contribution is -0.125. The summed E-state index contributed by atoms with van der Waals surface area (Å²) in [5.74, 6) is -0.971. The standard InChI is InChI=1S/C19H21FN2O3/c1-19(2,15-5-3-4-6-16(15)20)18(25)22-12-11-21-17(24)13-7-9-14(23)10-8-13/h3-10,23H,11-12H2,1-2H3,(H,21,24)(H,22,25). The molecule has 0 saturated heterocycles. The van der Waals surface area contributed by atoms with Crippen molar-refractivity contribution >= 4 is 11.8 Å². The second kappa shape index (κ2) is 7.79. The minimum Gasteiger partial charge on any atom is -0.508 e. The van der Waals surface area contributed by atoms with E-state index >= 15 is 0 Å². The van der Waals surface area contributed by atoms with E-state index in [4.69, 9.17) is 0 Å². The molecule has 0 aromatic heterocycles. The fraction of sp³-hybridized carbons (Fsp3) is 0.263. The third-order valence-electron chi connectivity index (χ3n) is 3.94. The zero-order valence-electron chi connectivity index (χ0n) is 14.2. The van der Waals surface area contributed by atoms with E-state index in [0.29, 0.717) is 11.1 Å². The molecule has 0 saturated carbocycles. The number of benzene rings is 2. The molecule has 2 rings (SSSR count). The fourth-order valence-corrected chi connectivity index (χ4v) is 2.38. The monoisotopic (exact) mass is 344 g/mol. The largest absolute Gasteiger partial charge is 0.508 e. The molecule has 0 aliphatic heterocycles. The first kappa shape index (κ1) is 18.4. The van der Waals surface area contributed by atoms with Crippen molar-refractivity contribution in [1.29, 1.82) is 0 Å². The number of carbonyl (C=O) groups is 2. The van der Waals surface area contributed by atoms with Crippen LogP contribution in [-0.2, 0) is 10.2 Å². The summed E-state index contributed by atoms with van der Waals surface area (Å²) in [5, 5.41) is 14.6. The zero-order chi connectivity index (χ0) is 18.4. The van der Waals surface area contributed by atoms with E-state index in [9.17, 15) is 19.1 Å². The van der Waals surface area contributed by atoms with E-state index in [1.807, 2.05) is 0 Å². The average molecular weight is 344 g/mol. The highest BCUT2D eigenvalue weighted by Crippen LogP contribution is 2.25. The molecule has 0 fully saturated rings. The van der Waals surface area contributed by atoms with Gasteiger partial charge in [-0.15, -0.1) is 0 Å². The van der Waals surface area contributed by atoms with Gasteiger partial charge in [-0.1, -0.05) is 18.2 Å². The van der Waals surface area contributed by atoms with Crippen LogP contribution >= 0.6 is 0 Å². The Morgan fingerprint density at radius 2 is 1.60 bits per heavy atom. The summed E-state index contributed by atoms with van der Waals surface area (Å²) < 4.78 is 13.9. The van der Waals surface area contributed by atoms with Crippen molar-refractivity contribution in [2.75, 3.05) is 13.1 Å². The van der Waals surface area contributed by atoms with Gasteiger partial charge >= 0.3 is 0 Å². The number of halogens is 1. The van der Waals surface area contributed by atoms with Crippen molar-refractivity contribution in [3.8, 4) is 5.75 Å². The van der Waals surface area contributed by atoms with Crippen LogP contribution in [0, 0.1) is 5.82 Å². The number of hydrogen-bond acceptors (Lipinski definition) is 3. The topological polar surface area (TPSA) is 78.4 Å². The molecule has 0 heterocycles. The lowest BCUT2D eigenvalue weighted by Gasteiger charge is -2.24.